The maximum Gasteiger partial charge on any atom is 0.416 e. The number of nitrogens with zero attached hydrogens (tertiary/aromatic N) is 1. The number of rotatable bonds is 5. The minimum Gasteiger partial charge on any atom is -0.341 e. The molecular formula is C16H22F3N3O3S. The Kier molecular flexibility index (Phi) is 6.30. The standard InChI is InChI=1S/C16H22F3N3O3S/c1-11(20)12-4-3-7-22(10-12)15(23)9-21-26(24,25)14-6-2-5-13(8-14)16(17,18)19/h2,5-6,8,11-12,21H,3-4,7,9-10,20H2,1H3. The fourth-order valence-electron chi connectivity index (χ4n) is 2.86. The van der Waals surface area contributed by atoms with Crippen LogP contribution in [-0.4, -0.2) is 44.9 Å². The minimum atomic E-state index is -4.65. The monoisotopic (exact) mass is 393 g/mol. The SMILES string of the molecule is CC(N)C1CCCN(C(=O)CNS(=O)(=O)c2cccc(C(F)(F)F)c2)C1. The quantitative estimate of drug-likeness (QED) is 0.794. The number of sulfonamides is 1. The molecule has 2 unspecified atom stereocenters. The van der Waals surface area contributed by atoms with Crippen molar-refractivity contribution in [1.82, 2.24) is 9.62 Å². The molecule has 6 nitrogen and oxygen atoms in total. The lowest BCUT2D eigenvalue weighted by Gasteiger charge is -2.34. The fourth-order valence-corrected chi connectivity index (χ4v) is 3.88. The molecule has 1 aromatic carbocycles. The van der Waals surface area contributed by atoms with Gasteiger partial charge in [-0.1, -0.05) is 6.07 Å². The molecule has 0 bridgehead atoms. The zero-order valence-electron chi connectivity index (χ0n) is 14.3. The summed E-state index contributed by atoms with van der Waals surface area (Å²) in [6.07, 6.45) is -2.97. The van der Waals surface area contributed by atoms with E-state index >= 15 is 0 Å². The van der Waals surface area contributed by atoms with Gasteiger partial charge in [-0.05, 0) is 43.9 Å². The van der Waals surface area contributed by atoms with Crippen LogP contribution in [0.2, 0.25) is 0 Å². The molecule has 1 heterocycles. The number of likely N-dealkylation sites (tertiary alicyclic amines) is 1. The molecule has 2 rings (SSSR count). The average Bonchev–Trinajstić information content (AvgIpc) is 2.59. The molecule has 1 aliphatic heterocycles. The summed E-state index contributed by atoms with van der Waals surface area (Å²) in [6, 6.07) is 3.31. The Hall–Kier alpha value is -1.65. The van der Waals surface area contributed by atoms with Gasteiger partial charge in [0.15, 0.2) is 0 Å². The van der Waals surface area contributed by atoms with Gasteiger partial charge in [0, 0.05) is 19.1 Å². The van der Waals surface area contributed by atoms with Crippen molar-refractivity contribution in [3.05, 3.63) is 29.8 Å². The van der Waals surface area contributed by atoms with Crippen LogP contribution in [0.15, 0.2) is 29.2 Å². The number of amides is 1. The number of piperidine rings is 1. The first-order chi connectivity index (χ1) is 12.0. The highest BCUT2D eigenvalue weighted by molar-refractivity contribution is 7.89. The van der Waals surface area contributed by atoms with Gasteiger partial charge >= 0.3 is 6.18 Å². The van der Waals surface area contributed by atoms with E-state index in [9.17, 15) is 26.4 Å². The van der Waals surface area contributed by atoms with Gasteiger partial charge in [-0.2, -0.15) is 13.2 Å². The van der Waals surface area contributed by atoms with Crippen molar-refractivity contribution in [1.29, 1.82) is 0 Å². The summed E-state index contributed by atoms with van der Waals surface area (Å²) in [6.45, 7) is 2.30. The molecule has 1 aromatic rings. The van der Waals surface area contributed by atoms with E-state index < -0.39 is 39.1 Å². The van der Waals surface area contributed by atoms with Crippen LogP contribution >= 0.6 is 0 Å². The van der Waals surface area contributed by atoms with Crippen LogP contribution in [0, 0.1) is 5.92 Å². The number of hydrogen-bond donors (Lipinski definition) is 2. The zero-order chi connectivity index (χ0) is 19.5. The Morgan fingerprint density at radius 2 is 2.12 bits per heavy atom. The average molecular weight is 393 g/mol. The largest absolute Gasteiger partial charge is 0.416 e. The lowest BCUT2D eigenvalue weighted by atomic mass is 9.92. The molecule has 0 spiro atoms. The van der Waals surface area contributed by atoms with Gasteiger partial charge in [-0.25, -0.2) is 13.1 Å². The molecule has 10 heteroatoms. The molecule has 146 valence electrons. The van der Waals surface area contributed by atoms with Crippen LogP contribution in [0.25, 0.3) is 0 Å². The van der Waals surface area contributed by atoms with Crippen molar-refractivity contribution in [2.45, 2.75) is 36.9 Å². The number of alkyl halides is 3. The highest BCUT2D eigenvalue weighted by Crippen LogP contribution is 2.30. The number of halogens is 3. The van der Waals surface area contributed by atoms with Crippen LogP contribution in [-0.2, 0) is 21.0 Å². The topological polar surface area (TPSA) is 92.5 Å². The predicted molar refractivity (Wildman–Crippen MR) is 89.6 cm³/mol. The van der Waals surface area contributed by atoms with Crippen molar-refractivity contribution < 1.29 is 26.4 Å². The van der Waals surface area contributed by atoms with E-state index in [2.05, 4.69) is 4.72 Å². The molecule has 26 heavy (non-hydrogen) atoms. The Bertz CT molecular complexity index is 751. The van der Waals surface area contributed by atoms with Crippen LogP contribution in [0.1, 0.15) is 25.3 Å². The fraction of sp³-hybridized carbons (Fsp3) is 0.562. The summed E-state index contributed by atoms with van der Waals surface area (Å²) in [7, 11) is -4.23. The molecule has 1 saturated heterocycles. The van der Waals surface area contributed by atoms with E-state index in [1.807, 2.05) is 6.92 Å². The van der Waals surface area contributed by atoms with Gasteiger partial charge in [-0.3, -0.25) is 4.79 Å². The van der Waals surface area contributed by atoms with Crippen LogP contribution in [0.3, 0.4) is 0 Å². The van der Waals surface area contributed by atoms with Crippen molar-refractivity contribution in [3.8, 4) is 0 Å². The number of carbonyl (C=O) groups is 1. The molecule has 2 atom stereocenters. The lowest BCUT2D eigenvalue weighted by molar-refractivity contribution is -0.137. The molecule has 3 N–H and O–H groups in total. The Balaban J connectivity index is 2.03. The third kappa shape index (κ3) is 5.18. The normalized spacial score (nSPS) is 20.0. The second kappa shape index (κ2) is 7.93. The van der Waals surface area contributed by atoms with Crippen molar-refractivity contribution >= 4 is 15.9 Å². The van der Waals surface area contributed by atoms with E-state index in [0.29, 0.717) is 19.2 Å². The second-order valence-corrected chi connectivity index (χ2v) is 8.22. The van der Waals surface area contributed by atoms with Crippen molar-refractivity contribution in [3.63, 3.8) is 0 Å². The summed E-state index contributed by atoms with van der Waals surface area (Å²) in [4.78, 5) is 13.2. The van der Waals surface area contributed by atoms with Gasteiger partial charge in [0.05, 0.1) is 17.0 Å². The summed E-state index contributed by atoms with van der Waals surface area (Å²) < 4.78 is 64.7. The van der Waals surface area contributed by atoms with Gasteiger partial charge < -0.3 is 10.6 Å². The van der Waals surface area contributed by atoms with E-state index in [1.165, 1.54) is 4.90 Å². The maximum absolute atomic E-state index is 12.7. The third-order valence-electron chi connectivity index (χ3n) is 4.44. The van der Waals surface area contributed by atoms with Crippen LogP contribution in [0.4, 0.5) is 13.2 Å². The molecule has 0 aromatic heterocycles. The highest BCUT2D eigenvalue weighted by Gasteiger charge is 2.32. The van der Waals surface area contributed by atoms with Gasteiger partial charge in [0.25, 0.3) is 0 Å². The van der Waals surface area contributed by atoms with Gasteiger partial charge in [-0.15, -0.1) is 0 Å². The number of nitrogens with two attached hydrogens (primary N) is 1. The Morgan fingerprint density at radius 3 is 2.73 bits per heavy atom. The molecule has 1 aliphatic rings. The molecular weight excluding hydrogens is 371 g/mol. The summed E-state index contributed by atoms with van der Waals surface area (Å²) in [5.41, 5.74) is 4.79. The van der Waals surface area contributed by atoms with Crippen molar-refractivity contribution in [2.24, 2.45) is 11.7 Å². The number of nitrogens with one attached hydrogen (secondary N) is 1. The lowest BCUT2D eigenvalue weighted by Crippen LogP contribution is -2.48. The number of carbonyl (C=O) groups excluding carboxylic acids is 1. The summed E-state index contributed by atoms with van der Waals surface area (Å²) >= 11 is 0. The molecule has 0 radical (unpaired) electrons. The predicted octanol–water partition coefficient (Wildman–Crippen LogP) is 1.57. The van der Waals surface area contributed by atoms with Crippen LogP contribution in [0.5, 0.6) is 0 Å². The Labute approximate surface area is 150 Å². The van der Waals surface area contributed by atoms with E-state index in [1.54, 1.807) is 0 Å². The molecule has 0 aliphatic carbocycles. The smallest absolute Gasteiger partial charge is 0.341 e. The Morgan fingerprint density at radius 1 is 1.42 bits per heavy atom. The van der Waals surface area contributed by atoms with E-state index in [4.69, 9.17) is 5.73 Å². The summed E-state index contributed by atoms with van der Waals surface area (Å²) in [5, 5.41) is 0. The van der Waals surface area contributed by atoms with E-state index in [-0.39, 0.29) is 12.0 Å². The first-order valence-electron chi connectivity index (χ1n) is 8.21. The first kappa shape index (κ1) is 20.7. The van der Waals surface area contributed by atoms with Gasteiger partial charge in [0.2, 0.25) is 15.9 Å². The first-order valence-corrected chi connectivity index (χ1v) is 9.69. The summed E-state index contributed by atoms with van der Waals surface area (Å²) in [5.74, 6) is -0.279. The maximum atomic E-state index is 12.7. The zero-order valence-corrected chi connectivity index (χ0v) is 15.1. The second-order valence-electron chi connectivity index (χ2n) is 6.45. The van der Waals surface area contributed by atoms with Crippen molar-refractivity contribution in [2.75, 3.05) is 19.6 Å². The number of hydrogen-bond acceptors (Lipinski definition) is 4. The number of benzene rings is 1. The highest BCUT2D eigenvalue weighted by atomic mass is 32.2. The third-order valence-corrected chi connectivity index (χ3v) is 5.84. The van der Waals surface area contributed by atoms with E-state index in [0.717, 1.165) is 31.0 Å². The molecule has 1 amide bonds. The molecule has 0 saturated carbocycles. The minimum absolute atomic E-state index is 0.0765. The van der Waals surface area contributed by atoms with Crippen LogP contribution < -0.4 is 10.5 Å². The molecule has 1 fully saturated rings. The van der Waals surface area contributed by atoms with Gasteiger partial charge in [0.1, 0.15) is 0 Å².